The second-order valence-electron chi connectivity index (χ2n) is 6.63. The van der Waals surface area contributed by atoms with Gasteiger partial charge in [0.15, 0.2) is 0 Å². The van der Waals surface area contributed by atoms with E-state index in [2.05, 4.69) is 13.8 Å². The van der Waals surface area contributed by atoms with E-state index in [4.69, 9.17) is 21.7 Å². The Balaban J connectivity index is 0.000000504. The first-order valence-electron chi connectivity index (χ1n) is 8.69. The van der Waals surface area contributed by atoms with Crippen molar-refractivity contribution >= 4 is 11.9 Å². The highest BCUT2D eigenvalue weighted by atomic mass is 16.4. The molecule has 0 saturated heterocycles. The Morgan fingerprint density at radius 2 is 1.56 bits per heavy atom. The van der Waals surface area contributed by atoms with Crippen molar-refractivity contribution in [2.75, 3.05) is 6.54 Å². The van der Waals surface area contributed by atoms with Crippen LogP contribution in [-0.4, -0.2) is 34.7 Å². The quantitative estimate of drug-likeness (QED) is 0.506. The molecule has 0 aliphatic carbocycles. The number of aliphatic carboxylic acids is 2. The Hall–Kier alpha value is -1.92. The van der Waals surface area contributed by atoms with Crippen LogP contribution in [0, 0.1) is 5.92 Å². The van der Waals surface area contributed by atoms with Gasteiger partial charge in [-0.2, -0.15) is 0 Å². The maximum Gasteiger partial charge on any atom is 0.320 e. The lowest BCUT2D eigenvalue weighted by Crippen LogP contribution is -2.29. The number of carbonyl (C=O) groups is 2. The molecule has 0 fully saturated rings. The van der Waals surface area contributed by atoms with E-state index >= 15 is 0 Å². The van der Waals surface area contributed by atoms with Crippen molar-refractivity contribution in [1.82, 2.24) is 0 Å². The molecular formula is C19H32N2O4. The molecule has 0 aromatic heterocycles. The van der Waals surface area contributed by atoms with Crippen molar-refractivity contribution < 1.29 is 19.8 Å². The van der Waals surface area contributed by atoms with Gasteiger partial charge in [-0.05, 0) is 49.8 Å². The maximum atomic E-state index is 10.8. The van der Waals surface area contributed by atoms with Crippen molar-refractivity contribution in [3.8, 4) is 0 Å². The van der Waals surface area contributed by atoms with Gasteiger partial charge in [-0.3, -0.25) is 9.59 Å². The zero-order valence-electron chi connectivity index (χ0n) is 15.4. The van der Waals surface area contributed by atoms with E-state index < -0.39 is 23.9 Å². The Kier molecular flexibility index (Phi) is 11.5. The van der Waals surface area contributed by atoms with E-state index in [1.54, 1.807) is 6.92 Å². The molecule has 0 saturated carbocycles. The molecular weight excluding hydrogens is 320 g/mol. The average Bonchev–Trinajstić information content (AvgIpc) is 2.55. The van der Waals surface area contributed by atoms with Gasteiger partial charge in [0.05, 0.1) is 5.92 Å². The summed E-state index contributed by atoms with van der Waals surface area (Å²) in [5.41, 5.74) is 12.6. The standard InChI is InChI=1S/C13H18O2.C6H14N2O2/c1-9(2)8-11-4-6-12(7-5-11)10(3)13(14)15;7-4-2-1-3-5(8)6(9)10/h4-7,9-10H,8H2,1-3H3,(H,14,15);5H,1-4,7-8H2,(H,9,10)/t10-;/m1./s1. The number of nitrogens with two attached hydrogens (primary N) is 2. The monoisotopic (exact) mass is 352 g/mol. The van der Waals surface area contributed by atoms with Crippen LogP contribution < -0.4 is 11.5 Å². The third-order valence-electron chi connectivity index (χ3n) is 3.78. The van der Waals surface area contributed by atoms with Gasteiger partial charge in [0.1, 0.15) is 6.04 Å². The fraction of sp³-hybridized carbons (Fsp3) is 0.579. The first-order valence-corrected chi connectivity index (χ1v) is 8.69. The van der Waals surface area contributed by atoms with Crippen LogP contribution in [0.3, 0.4) is 0 Å². The molecule has 1 rings (SSSR count). The number of benzene rings is 1. The van der Waals surface area contributed by atoms with Crippen LogP contribution in [0.1, 0.15) is 57.1 Å². The average molecular weight is 352 g/mol. The van der Waals surface area contributed by atoms with Gasteiger partial charge in [-0.25, -0.2) is 0 Å². The molecule has 25 heavy (non-hydrogen) atoms. The second-order valence-corrected chi connectivity index (χ2v) is 6.63. The Morgan fingerprint density at radius 3 is 1.96 bits per heavy atom. The lowest BCUT2D eigenvalue weighted by atomic mass is 9.97. The molecule has 0 radical (unpaired) electrons. The lowest BCUT2D eigenvalue weighted by molar-refractivity contribution is -0.139. The molecule has 142 valence electrons. The number of hydrogen-bond donors (Lipinski definition) is 4. The Labute approximate surface area is 150 Å². The highest BCUT2D eigenvalue weighted by molar-refractivity contribution is 5.75. The third-order valence-corrected chi connectivity index (χ3v) is 3.78. The summed E-state index contributed by atoms with van der Waals surface area (Å²) >= 11 is 0. The van der Waals surface area contributed by atoms with E-state index in [0.717, 1.165) is 24.8 Å². The minimum absolute atomic E-state index is 0.418. The van der Waals surface area contributed by atoms with Gasteiger partial charge in [0.25, 0.3) is 0 Å². The first kappa shape index (κ1) is 23.1. The number of rotatable bonds is 9. The molecule has 6 heteroatoms. The highest BCUT2D eigenvalue weighted by Crippen LogP contribution is 2.17. The molecule has 0 aliphatic heterocycles. The van der Waals surface area contributed by atoms with Crippen molar-refractivity contribution in [3.05, 3.63) is 35.4 Å². The molecule has 1 aromatic carbocycles. The van der Waals surface area contributed by atoms with Crippen LogP contribution in [0.15, 0.2) is 24.3 Å². The van der Waals surface area contributed by atoms with Crippen LogP contribution >= 0.6 is 0 Å². The molecule has 6 nitrogen and oxygen atoms in total. The predicted octanol–water partition coefficient (Wildman–Crippen LogP) is 2.60. The topological polar surface area (TPSA) is 127 Å². The van der Waals surface area contributed by atoms with Crippen molar-refractivity contribution in [2.45, 2.75) is 58.4 Å². The van der Waals surface area contributed by atoms with Crippen LogP contribution in [0.5, 0.6) is 0 Å². The largest absolute Gasteiger partial charge is 0.481 e. The first-order chi connectivity index (χ1) is 11.7. The number of carboxylic acids is 2. The number of hydrogen-bond acceptors (Lipinski definition) is 4. The summed E-state index contributed by atoms with van der Waals surface area (Å²) in [5, 5.41) is 17.2. The Morgan fingerprint density at radius 1 is 1.00 bits per heavy atom. The molecule has 6 N–H and O–H groups in total. The van der Waals surface area contributed by atoms with Crippen molar-refractivity contribution in [2.24, 2.45) is 17.4 Å². The molecule has 0 bridgehead atoms. The zero-order valence-corrected chi connectivity index (χ0v) is 15.4. The van der Waals surface area contributed by atoms with Crippen LogP contribution in [-0.2, 0) is 16.0 Å². The van der Waals surface area contributed by atoms with Crippen LogP contribution in [0.2, 0.25) is 0 Å². The summed E-state index contributed by atoms with van der Waals surface area (Å²) in [5.74, 6) is -1.49. The summed E-state index contributed by atoms with van der Waals surface area (Å²) in [6, 6.07) is 7.16. The molecule has 0 spiro atoms. The van der Waals surface area contributed by atoms with Gasteiger partial charge in [0, 0.05) is 0 Å². The Bertz CT molecular complexity index is 515. The fourth-order valence-electron chi connectivity index (χ4n) is 2.19. The summed E-state index contributed by atoms with van der Waals surface area (Å²) in [6.07, 6.45) is 3.21. The van der Waals surface area contributed by atoms with Gasteiger partial charge >= 0.3 is 11.9 Å². The summed E-state index contributed by atoms with van der Waals surface area (Å²) in [7, 11) is 0. The van der Waals surface area contributed by atoms with E-state index in [1.165, 1.54) is 5.56 Å². The molecule has 0 amide bonds. The van der Waals surface area contributed by atoms with E-state index in [-0.39, 0.29) is 0 Å². The van der Waals surface area contributed by atoms with E-state index in [0.29, 0.717) is 18.9 Å². The second kappa shape index (κ2) is 12.4. The third kappa shape index (κ3) is 10.5. The fourth-order valence-corrected chi connectivity index (χ4v) is 2.19. The highest BCUT2D eigenvalue weighted by Gasteiger charge is 2.13. The maximum absolute atomic E-state index is 10.8. The summed E-state index contributed by atoms with van der Waals surface area (Å²) in [4.78, 5) is 20.9. The van der Waals surface area contributed by atoms with E-state index in [1.807, 2.05) is 24.3 Å². The van der Waals surface area contributed by atoms with Crippen LogP contribution in [0.4, 0.5) is 0 Å². The lowest BCUT2D eigenvalue weighted by Gasteiger charge is -2.09. The minimum Gasteiger partial charge on any atom is -0.481 e. The van der Waals surface area contributed by atoms with Gasteiger partial charge in [-0.1, -0.05) is 44.5 Å². The van der Waals surface area contributed by atoms with Crippen molar-refractivity contribution in [1.29, 1.82) is 0 Å². The van der Waals surface area contributed by atoms with Crippen molar-refractivity contribution in [3.63, 3.8) is 0 Å². The van der Waals surface area contributed by atoms with Gasteiger partial charge in [-0.15, -0.1) is 0 Å². The normalized spacial score (nSPS) is 12.9. The minimum atomic E-state index is -0.933. The molecule has 1 unspecified atom stereocenters. The predicted molar refractivity (Wildman–Crippen MR) is 99.6 cm³/mol. The number of unbranched alkanes of at least 4 members (excludes halogenated alkanes) is 1. The van der Waals surface area contributed by atoms with Gasteiger partial charge in [0.2, 0.25) is 0 Å². The molecule has 2 atom stereocenters. The summed E-state index contributed by atoms with van der Waals surface area (Å²) < 4.78 is 0. The SMILES string of the molecule is CC(C)Cc1ccc([C@@H](C)C(=O)O)cc1.NCCCCC(N)C(=O)O. The molecule has 0 aliphatic rings. The molecule has 0 heterocycles. The van der Waals surface area contributed by atoms with E-state index in [9.17, 15) is 9.59 Å². The van der Waals surface area contributed by atoms with Crippen LogP contribution in [0.25, 0.3) is 0 Å². The number of carboxylic acid groups (broad SMARTS) is 2. The molecule has 1 aromatic rings. The zero-order chi connectivity index (χ0) is 19.4. The summed E-state index contributed by atoms with van der Waals surface area (Å²) in [6.45, 7) is 6.66. The smallest absolute Gasteiger partial charge is 0.320 e. The van der Waals surface area contributed by atoms with Gasteiger partial charge < -0.3 is 21.7 Å².